The summed E-state index contributed by atoms with van der Waals surface area (Å²) < 4.78 is 25.3. The summed E-state index contributed by atoms with van der Waals surface area (Å²) in [7, 11) is 0. The van der Waals surface area contributed by atoms with Gasteiger partial charge in [-0.15, -0.1) is 0 Å². The molecule has 204 valence electrons. The van der Waals surface area contributed by atoms with Crippen molar-refractivity contribution in [1.82, 2.24) is 0 Å². The van der Waals surface area contributed by atoms with Crippen LogP contribution in [-0.2, 0) is 38.8 Å². The van der Waals surface area contributed by atoms with E-state index < -0.39 is 36.1 Å². The van der Waals surface area contributed by atoms with Gasteiger partial charge in [-0.2, -0.15) is 0 Å². The number of benzene rings is 3. The number of hydrogen-bond donors (Lipinski definition) is 2. The topological polar surface area (TPSA) is 77.4 Å². The summed E-state index contributed by atoms with van der Waals surface area (Å²) in [6, 6.07) is 29.7. The second-order valence-corrected chi connectivity index (χ2v) is 9.92. The van der Waals surface area contributed by atoms with Crippen LogP contribution >= 0.6 is 0 Å². The van der Waals surface area contributed by atoms with Crippen LogP contribution in [-0.4, -0.2) is 52.9 Å². The minimum atomic E-state index is -1.21. The minimum Gasteiger partial charge on any atom is -0.387 e. The molecular weight excluding hydrogens is 480 g/mol. The third-order valence-electron chi connectivity index (χ3n) is 7.38. The molecule has 1 aliphatic rings. The van der Waals surface area contributed by atoms with E-state index in [2.05, 4.69) is 0 Å². The Balaban J connectivity index is 1.58. The number of aliphatic hydroxyl groups is 2. The molecule has 1 saturated heterocycles. The van der Waals surface area contributed by atoms with Crippen LogP contribution in [0.2, 0.25) is 0 Å². The normalized spacial score (nSPS) is 23.8. The molecule has 6 heteroatoms. The molecule has 6 nitrogen and oxygen atoms in total. The molecule has 1 heterocycles. The van der Waals surface area contributed by atoms with Crippen LogP contribution in [0.15, 0.2) is 91.0 Å². The second kappa shape index (κ2) is 14.0. The maximum Gasteiger partial charge on any atom is 0.115 e. The summed E-state index contributed by atoms with van der Waals surface area (Å²) >= 11 is 0. The van der Waals surface area contributed by atoms with Crippen LogP contribution in [0.25, 0.3) is 0 Å². The lowest BCUT2D eigenvalue weighted by atomic mass is 9.81. The van der Waals surface area contributed by atoms with Gasteiger partial charge in [0.25, 0.3) is 0 Å². The van der Waals surface area contributed by atoms with E-state index in [1.165, 1.54) is 0 Å². The number of rotatable bonds is 13. The smallest absolute Gasteiger partial charge is 0.115 e. The van der Waals surface area contributed by atoms with Gasteiger partial charge in [-0.25, -0.2) is 0 Å². The molecule has 0 saturated carbocycles. The Morgan fingerprint density at radius 2 is 1.13 bits per heavy atom. The average molecular weight is 521 g/mol. The summed E-state index contributed by atoms with van der Waals surface area (Å²) in [5, 5.41) is 23.0. The number of aliphatic hydroxyl groups excluding tert-OH is 1. The predicted octanol–water partition coefficient (Wildman–Crippen LogP) is 5.05. The van der Waals surface area contributed by atoms with Gasteiger partial charge < -0.3 is 29.2 Å². The van der Waals surface area contributed by atoms with Gasteiger partial charge in [-0.3, -0.25) is 0 Å². The van der Waals surface area contributed by atoms with Crippen molar-refractivity contribution in [2.24, 2.45) is 0 Å². The molecule has 0 amide bonds. The monoisotopic (exact) mass is 520 g/mol. The van der Waals surface area contributed by atoms with Gasteiger partial charge in [0, 0.05) is 0 Å². The van der Waals surface area contributed by atoms with Crippen molar-refractivity contribution in [2.75, 3.05) is 6.61 Å². The predicted molar refractivity (Wildman–Crippen MR) is 146 cm³/mol. The van der Waals surface area contributed by atoms with Gasteiger partial charge in [0.1, 0.15) is 30.5 Å². The summed E-state index contributed by atoms with van der Waals surface area (Å²) in [5.74, 6) is 0. The maximum absolute atomic E-state index is 11.6. The lowest BCUT2D eigenvalue weighted by Gasteiger charge is -2.49. The van der Waals surface area contributed by atoms with Crippen molar-refractivity contribution >= 4 is 0 Å². The molecule has 4 rings (SSSR count). The fraction of sp³-hybridized carbons (Fsp3) is 0.438. The molecule has 5 atom stereocenters. The van der Waals surface area contributed by atoms with Gasteiger partial charge in [0.2, 0.25) is 0 Å². The Morgan fingerprint density at radius 1 is 0.684 bits per heavy atom. The number of hydrogen-bond acceptors (Lipinski definition) is 6. The molecule has 0 unspecified atom stereocenters. The highest BCUT2D eigenvalue weighted by Gasteiger charge is 2.53. The van der Waals surface area contributed by atoms with Gasteiger partial charge in [0.05, 0.1) is 32.0 Å². The minimum absolute atomic E-state index is 0.228. The fourth-order valence-corrected chi connectivity index (χ4v) is 4.95. The van der Waals surface area contributed by atoms with Crippen molar-refractivity contribution in [3.05, 3.63) is 108 Å². The first-order chi connectivity index (χ1) is 18.5. The van der Waals surface area contributed by atoms with Crippen LogP contribution < -0.4 is 0 Å². The molecule has 0 aromatic heterocycles. The van der Waals surface area contributed by atoms with E-state index in [0.29, 0.717) is 32.7 Å². The molecule has 3 aromatic carbocycles. The average Bonchev–Trinajstić information content (AvgIpc) is 2.97. The van der Waals surface area contributed by atoms with E-state index >= 15 is 0 Å². The second-order valence-electron chi connectivity index (χ2n) is 9.92. The molecule has 1 aliphatic heterocycles. The van der Waals surface area contributed by atoms with E-state index in [1.54, 1.807) is 0 Å². The molecule has 0 bridgehead atoms. The van der Waals surface area contributed by atoms with Crippen LogP contribution in [0.1, 0.15) is 43.4 Å². The molecule has 0 radical (unpaired) electrons. The molecule has 3 aromatic rings. The zero-order chi connectivity index (χ0) is 26.8. The van der Waals surface area contributed by atoms with Crippen LogP contribution in [0.4, 0.5) is 0 Å². The first-order valence-corrected chi connectivity index (χ1v) is 13.5. The highest BCUT2D eigenvalue weighted by atomic mass is 16.6. The zero-order valence-corrected chi connectivity index (χ0v) is 22.3. The standard InChI is InChI=1S/C32H40O6/c1-3-32(34,4-2)31-28(33)30(37-22-26-18-12-7-13-19-26)29(36-21-25-16-10-6-11-17-25)27(38-31)23-35-20-24-14-8-5-9-15-24/h5-19,27-31,33-34H,3-4,20-23H2,1-2H3/t27-,28-,29-,30-,31-/m1/s1. The van der Waals surface area contributed by atoms with E-state index in [0.717, 1.165) is 16.7 Å². The van der Waals surface area contributed by atoms with Gasteiger partial charge in [-0.1, -0.05) is 105 Å². The largest absolute Gasteiger partial charge is 0.387 e. The van der Waals surface area contributed by atoms with E-state index in [-0.39, 0.29) is 6.61 Å². The quantitative estimate of drug-likeness (QED) is 0.328. The molecule has 38 heavy (non-hydrogen) atoms. The lowest BCUT2D eigenvalue weighted by Crippen LogP contribution is -2.66. The van der Waals surface area contributed by atoms with Crippen molar-refractivity contribution in [3.8, 4) is 0 Å². The Kier molecular flexibility index (Phi) is 10.5. The maximum atomic E-state index is 11.6. The van der Waals surface area contributed by atoms with Crippen molar-refractivity contribution in [3.63, 3.8) is 0 Å². The molecular formula is C32H40O6. The first-order valence-electron chi connectivity index (χ1n) is 13.5. The molecule has 0 aliphatic carbocycles. The SMILES string of the molecule is CCC(O)(CC)[C@@H]1O[C@H](COCc2ccccc2)[C@@H](OCc2ccccc2)[C@H](OCc2ccccc2)[C@H]1O. The van der Waals surface area contributed by atoms with E-state index in [9.17, 15) is 10.2 Å². The Labute approximate surface area is 226 Å². The van der Waals surface area contributed by atoms with E-state index in [1.807, 2.05) is 105 Å². The third kappa shape index (κ3) is 7.29. The molecule has 0 spiro atoms. The van der Waals surface area contributed by atoms with Crippen LogP contribution in [0.3, 0.4) is 0 Å². The molecule has 1 fully saturated rings. The van der Waals surface area contributed by atoms with Crippen molar-refractivity contribution < 1.29 is 29.2 Å². The van der Waals surface area contributed by atoms with Gasteiger partial charge >= 0.3 is 0 Å². The Bertz CT molecular complexity index is 1060. The van der Waals surface area contributed by atoms with Crippen molar-refractivity contribution in [2.45, 2.75) is 82.6 Å². The van der Waals surface area contributed by atoms with Crippen molar-refractivity contribution in [1.29, 1.82) is 0 Å². The zero-order valence-electron chi connectivity index (χ0n) is 22.3. The highest BCUT2D eigenvalue weighted by molar-refractivity contribution is 5.15. The third-order valence-corrected chi connectivity index (χ3v) is 7.38. The van der Waals surface area contributed by atoms with Crippen LogP contribution in [0.5, 0.6) is 0 Å². The summed E-state index contributed by atoms with van der Waals surface area (Å²) in [5.41, 5.74) is 1.84. The lowest BCUT2D eigenvalue weighted by molar-refractivity contribution is -0.293. The Hall–Kier alpha value is -2.58. The fourth-order valence-electron chi connectivity index (χ4n) is 4.95. The molecule has 2 N–H and O–H groups in total. The van der Waals surface area contributed by atoms with Gasteiger partial charge in [0.15, 0.2) is 0 Å². The van der Waals surface area contributed by atoms with Crippen LogP contribution in [0, 0.1) is 0 Å². The summed E-state index contributed by atoms with van der Waals surface area (Å²) in [6.45, 7) is 5.08. The summed E-state index contributed by atoms with van der Waals surface area (Å²) in [4.78, 5) is 0. The Morgan fingerprint density at radius 3 is 1.61 bits per heavy atom. The van der Waals surface area contributed by atoms with E-state index in [4.69, 9.17) is 18.9 Å². The number of ether oxygens (including phenoxy) is 4. The van der Waals surface area contributed by atoms with Gasteiger partial charge in [-0.05, 0) is 29.5 Å². The highest BCUT2D eigenvalue weighted by Crippen LogP contribution is 2.35. The summed E-state index contributed by atoms with van der Waals surface area (Å²) in [6.07, 6.45) is -2.96. The first kappa shape index (κ1) is 28.4.